The van der Waals surface area contributed by atoms with Gasteiger partial charge in [-0.1, -0.05) is 30.4 Å². The molecular formula is C14H10O5. The first kappa shape index (κ1) is 11.8. The van der Waals surface area contributed by atoms with Gasteiger partial charge in [-0.15, -0.1) is 0 Å². The summed E-state index contributed by atoms with van der Waals surface area (Å²) in [5.74, 6) is -2.01. The van der Waals surface area contributed by atoms with Crippen molar-refractivity contribution < 1.29 is 24.9 Å². The zero-order valence-electron chi connectivity index (χ0n) is 9.70. The van der Waals surface area contributed by atoms with E-state index in [0.29, 0.717) is 5.56 Å². The predicted octanol–water partition coefficient (Wildman–Crippen LogP) is 0.626. The molecule has 0 radical (unpaired) electrons. The van der Waals surface area contributed by atoms with Crippen molar-refractivity contribution in [1.29, 1.82) is 0 Å². The molecule has 0 amide bonds. The molecule has 1 aromatic rings. The number of aliphatic hydroxyl groups excluding tert-OH is 1. The summed E-state index contributed by atoms with van der Waals surface area (Å²) in [6.45, 7) is 0. The zero-order valence-corrected chi connectivity index (χ0v) is 9.70. The van der Waals surface area contributed by atoms with E-state index >= 15 is 0 Å². The van der Waals surface area contributed by atoms with Crippen LogP contribution in [0.15, 0.2) is 36.4 Å². The van der Waals surface area contributed by atoms with E-state index < -0.39 is 23.5 Å². The lowest BCUT2D eigenvalue weighted by atomic mass is 9.84. The average Bonchev–Trinajstić information content (AvgIpc) is 2.62. The quantitative estimate of drug-likeness (QED) is 0.686. The van der Waals surface area contributed by atoms with Crippen LogP contribution < -0.4 is 0 Å². The molecular weight excluding hydrogens is 248 g/mol. The third-order valence-corrected chi connectivity index (χ3v) is 3.55. The Morgan fingerprint density at radius 1 is 1.32 bits per heavy atom. The number of carboxylic acids is 1. The molecule has 19 heavy (non-hydrogen) atoms. The van der Waals surface area contributed by atoms with E-state index in [-0.39, 0.29) is 16.7 Å². The van der Waals surface area contributed by atoms with Crippen LogP contribution in [0.2, 0.25) is 0 Å². The summed E-state index contributed by atoms with van der Waals surface area (Å²) in [6.07, 6.45) is 2.97. The van der Waals surface area contributed by atoms with Crippen molar-refractivity contribution in [2.75, 3.05) is 0 Å². The van der Waals surface area contributed by atoms with Crippen LogP contribution in [0.5, 0.6) is 0 Å². The molecule has 0 aromatic heterocycles. The normalized spacial score (nSPS) is 27.8. The zero-order chi connectivity index (χ0) is 13.8. The summed E-state index contributed by atoms with van der Waals surface area (Å²) >= 11 is 0. The van der Waals surface area contributed by atoms with Crippen LogP contribution in [-0.2, 0) is 0 Å². The first-order valence-electron chi connectivity index (χ1n) is 5.69. The number of allylic oxidation sites excluding steroid dienone is 2. The second kappa shape index (κ2) is 3.63. The van der Waals surface area contributed by atoms with Gasteiger partial charge in [-0.2, -0.15) is 0 Å². The first-order valence-corrected chi connectivity index (χ1v) is 5.69. The number of rotatable bonds is 1. The van der Waals surface area contributed by atoms with E-state index in [1.54, 1.807) is 6.07 Å². The number of hydrogen-bond acceptors (Lipinski definition) is 4. The van der Waals surface area contributed by atoms with Crippen molar-refractivity contribution in [2.24, 2.45) is 0 Å². The highest BCUT2D eigenvalue weighted by molar-refractivity contribution is 6.23. The molecule has 5 heteroatoms. The third kappa shape index (κ3) is 1.31. The van der Waals surface area contributed by atoms with Crippen LogP contribution >= 0.6 is 0 Å². The van der Waals surface area contributed by atoms with Crippen LogP contribution in [0.3, 0.4) is 0 Å². The topological polar surface area (TPSA) is 94.8 Å². The van der Waals surface area contributed by atoms with E-state index in [9.17, 15) is 19.8 Å². The van der Waals surface area contributed by atoms with Gasteiger partial charge in [0.2, 0.25) is 5.78 Å². The average molecular weight is 258 g/mol. The molecule has 2 unspecified atom stereocenters. The highest BCUT2D eigenvalue weighted by Crippen LogP contribution is 2.45. The lowest BCUT2D eigenvalue weighted by Gasteiger charge is -2.28. The Morgan fingerprint density at radius 3 is 2.74 bits per heavy atom. The van der Waals surface area contributed by atoms with Crippen LogP contribution in [-0.4, -0.2) is 38.8 Å². The first-order chi connectivity index (χ1) is 8.98. The summed E-state index contributed by atoms with van der Waals surface area (Å²) < 4.78 is 0. The second-order valence-electron chi connectivity index (χ2n) is 4.54. The maximum atomic E-state index is 12.3. The number of hydrogen-bond donors (Lipinski definition) is 3. The number of aliphatic hydroxyl groups is 2. The number of carboxylic acid groups (broad SMARTS) is 1. The van der Waals surface area contributed by atoms with Gasteiger partial charge in [-0.25, -0.2) is 4.79 Å². The van der Waals surface area contributed by atoms with Crippen LogP contribution in [0, 0.1) is 0 Å². The molecule has 1 aromatic carbocycles. The molecule has 0 saturated carbocycles. The van der Waals surface area contributed by atoms with Gasteiger partial charge in [0.15, 0.2) is 5.60 Å². The minimum absolute atomic E-state index is 0.0495. The lowest BCUT2D eigenvalue weighted by Crippen LogP contribution is -2.47. The Labute approximate surface area is 108 Å². The van der Waals surface area contributed by atoms with Crippen molar-refractivity contribution in [3.8, 4) is 0 Å². The third-order valence-electron chi connectivity index (χ3n) is 3.55. The summed E-state index contributed by atoms with van der Waals surface area (Å²) in [4.78, 5) is 23.5. The van der Waals surface area contributed by atoms with E-state index in [0.717, 1.165) is 0 Å². The maximum Gasteiger partial charge on any atom is 0.336 e. The van der Waals surface area contributed by atoms with E-state index in [2.05, 4.69) is 0 Å². The number of benzene rings is 1. The van der Waals surface area contributed by atoms with Gasteiger partial charge in [0.05, 0.1) is 5.56 Å². The number of carbonyl (C=O) groups is 2. The van der Waals surface area contributed by atoms with Crippen LogP contribution in [0.1, 0.15) is 26.3 Å². The highest BCUT2D eigenvalue weighted by atomic mass is 16.4. The number of aromatic carboxylic acids is 1. The lowest BCUT2D eigenvalue weighted by molar-refractivity contribution is 0.00601. The number of Topliss-reactive ketones (excluding diaryl/α,β-unsaturated/α-hetero) is 1. The molecule has 0 saturated heterocycles. The molecule has 2 aliphatic rings. The van der Waals surface area contributed by atoms with Gasteiger partial charge >= 0.3 is 5.97 Å². The fourth-order valence-corrected chi connectivity index (χ4v) is 2.62. The van der Waals surface area contributed by atoms with Gasteiger partial charge < -0.3 is 15.3 Å². The number of ketones is 1. The molecule has 3 rings (SSSR count). The molecule has 0 bridgehead atoms. The van der Waals surface area contributed by atoms with Gasteiger partial charge in [0, 0.05) is 11.1 Å². The molecule has 0 heterocycles. The Kier molecular flexibility index (Phi) is 2.26. The monoisotopic (exact) mass is 258 g/mol. The molecule has 3 N–H and O–H groups in total. The fraction of sp³-hybridized carbons (Fsp3) is 0.143. The summed E-state index contributed by atoms with van der Waals surface area (Å²) in [5, 5.41) is 29.4. The minimum Gasteiger partial charge on any atom is -0.478 e. The van der Waals surface area contributed by atoms with Gasteiger partial charge in [-0.3, -0.25) is 4.79 Å². The van der Waals surface area contributed by atoms with E-state index in [1.165, 1.54) is 30.4 Å². The minimum atomic E-state index is -2.08. The van der Waals surface area contributed by atoms with E-state index in [4.69, 9.17) is 5.11 Å². The van der Waals surface area contributed by atoms with Gasteiger partial charge in [0.1, 0.15) is 6.10 Å². The SMILES string of the molecule is O=C(O)c1cccc2c1C(=O)C1(O)C2=CC=CC1O. The second-order valence-corrected chi connectivity index (χ2v) is 4.54. The molecule has 0 aliphatic heterocycles. The Hall–Kier alpha value is -2.24. The predicted molar refractivity (Wildman–Crippen MR) is 65.8 cm³/mol. The summed E-state index contributed by atoms with van der Waals surface area (Å²) in [5.41, 5.74) is -1.70. The van der Waals surface area contributed by atoms with Crippen molar-refractivity contribution in [3.63, 3.8) is 0 Å². The van der Waals surface area contributed by atoms with Crippen molar-refractivity contribution in [2.45, 2.75) is 11.7 Å². The van der Waals surface area contributed by atoms with Crippen molar-refractivity contribution in [1.82, 2.24) is 0 Å². The number of carbonyl (C=O) groups excluding carboxylic acids is 1. The Morgan fingerprint density at radius 2 is 2.05 bits per heavy atom. The highest BCUT2D eigenvalue weighted by Gasteiger charge is 2.54. The molecule has 2 aliphatic carbocycles. The largest absolute Gasteiger partial charge is 0.478 e. The molecule has 96 valence electrons. The molecule has 0 spiro atoms. The van der Waals surface area contributed by atoms with Crippen molar-refractivity contribution in [3.05, 3.63) is 53.1 Å². The van der Waals surface area contributed by atoms with Gasteiger partial charge in [0.25, 0.3) is 0 Å². The number of fused-ring (bicyclic) bond motifs is 3. The summed E-state index contributed by atoms with van der Waals surface area (Å²) in [6, 6.07) is 4.38. The molecule has 0 fully saturated rings. The summed E-state index contributed by atoms with van der Waals surface area (Å²) in [7, 11) is 0. The Bertz CT molecular complexity index is 670. The van der Waals surface area contributed by atoms with Gasteiger partial charge in [-0.05, 0) is 11.6 Å². The smallest absolute Gasteiger partial charge is 0.336 e. The van der Waals surface area contributed by atoms with E-state index in [1.807, 2.05) is 0 Å². The standard InChI is InChI=1S/C14H10O5/c15-10-6-2-5-9-7-3-1-4-8(13(17)18)11(7)12(16)14(9,10)19/h1-6,10,15,19H,(H,17,18). The maximum absolute atomic E-state index is 12.3. The molecule has 5 nitrogen and oxygen atoms in total. The van der Waals surface area contributed by atoms with Crippen molar-refractivity contribution >= 4 is 17.3 Å². The fourth-order valence-electron chi connectivity index (χ4n) is 2.62. The van der Waals surface area contributed by atoms with Crippen LogP contribution in [0.25, 0.3) is 5.57 Å². The van der Waals surface area contributed by atoms with Crippen LogP contribution in [0.4, 0.5) is 0 Å². The molecule has 2 atom stereocenters. The Balaban J connectivity index is 2.34.